The number of ether oxygens (including phenoxy) is 2. The van der Waals surface area contributed by atoms with Crippen molar-refractivity contribution in [3.63, 3.8) is 0 Å². The van der Waals surface area contributed by atoms with Crippen molar-refractivity contribution >= 4 is 5.96 Å². The summed E-state index contributed by atoms with van der Waals surface area (Å²) in [5.74, 6) is 1.55. The maximum absolute atomic E-state index is 5.73. The first-order chi connectivity index (χ1) is 15.2. The lowest BCUT2D eigenvalue weighted by Gasteiger charge is -2.34. The number of rotatable bonds is 10. The van der Waals surface area contributed by atoms with Crippen molar-refractivity contribution in [3.8, 4) is 0 Å². The molecule has 0 radical (unpaired) electrons. The minimum absolute atomic E-state index is 0.560. The number of piperazine rings is 1. The summed E-state index contributed by atoms with van der Waals surface area (Å²) < 4.78 is 10.8. The molecule has 1 atom stereocenters. The number of guanidine groups is 1. The van der Waals surface area contributed by atoms with Crippen LogP contribution in [-0.2, 0) is 22.6 Å². The molecule has 2 aliphatic rings. The monoisotopic (exact) mass is 431 g/mol. The minimum atomic E-state index is 0.560. The van der Waals surface area contributed by atoms with Crippen molar-refractivity contribution in [1.82, 2.24) is 20.0 Å². The molecule has 1 N–H and O–H groups in total. The second-order valence-corrected chi connectivity index (χ2v) is 8.55. The quantitative estimate of drug-likeness (QED) is 0.347. The fourth-order valence-electron chi connectivity index (χ4n) is 4.45. The Labute approximate surface area is 188 Å². The Morgan fingerprint density at radius 2 is 1.81 bits per heavy atom. The number of benzene rings is 1. The molecule has 0 bridgehead atoms. The maximum Gasteiger partial charge on any atom is 0.193 e. The van der Waals surface area contributed by atoms with E-state index in [1.54, 1.807) is 7.11 Å². The first-order valence-electron chi connectivity index (χ1n) is 11.8. The SMILES string of the molecule is CCN1CCN(Cc2ccccc2CNC(=NC)N2CCC(COCCOC)C2)CC1. The van der Waals surface area contributed by atoms with Gasteiger partial charge in [-0.15, -0.1) is 0 Å². The van der Waals surface area contributed by atoms with Crippen LogP contribution in [0.5, 0.6) is 0 Å². The van der Waals surface area contributed by atoms with E-state index in [-0.39, 0.29) is 0 Å². The van der Waals surface area contributed by atoms with Crippen LogP contribution < -0.4 is 5.32 Å². The van der Waals surface area contributed by atoms with Crippen LogP contribution in [0.2, 0.25) is 0 Å². The first kappa shape index (κ1) is 24.0. The van der Waals surface area contributed by atoms with Crippen LogP contribution in [0.25, 0.3) is 0 Å². The summed E-state index contributed by atoms with van der Waals surface area (Å²) in [5.41, 5.74) is 2.78. The highest BCUT2D eigenvalue weighted by Crippen LogP contribution is 2.18. The van der Waals surface area contributed by atoms with Gasteiger partial charge in [0, 0.05) is 72.4 Å². The summed E-state index contributed by atoms with van der Waals surface area (Å²) in [6.45, 7) is 14.0. The van der Waals surface area contributed by atoms with Gasteiger partial charge in [0.1, 0.15) is 0 Å². The molecule has 7 nitrogen and oxygen atoms in total. The average molecular weight is 432 g/mol. The number of hydrogen-bond donors (Lipinski definition) is 1. The number of nitrogens with zero attached hydrogens (tertiary/aromatic N) is 4. The second kappa shape index (κ2) is 13.0. The molecule has 2 aliphatic heterocycles. The number of nitrogens with one attached hydrogen (secondary N) is 1. The second-order valence-electron chi connectivity index (χ2n) is 8.55. The van der Waals surface area contributed by atoms with E-state index < -0.39 is 0 Å². The summed E-state index contributed by atoms with van der Waals surface area (Å²) in [6.07, 6.45) is 1.15. The fraction of sp³-hybridized carbons (Fsp3) is 0.708. The topological polar surface area (TPSA) is 52.6 Å². The van der Waals surface area contributed by atoms with Gasteiger partial charge in [0.15, 0.2) is 5.96 Å². The van der Waals surface area contributed by atoms with Gasteiger partial charge in [-0.1, -0.05) is 31.2 Å². The Balaban J connectivity index is 1.48. The average Bonchev–Trinajstić information content (AvgIpc) is 3.27. The molecule has 1 aromatic rings. The molecule has 3 rings (SSSR count). The zero-order chi connectivity index (χ0) is 21.9. The number of hydrogen-bond acceptors (Lipinski definition) is 5. The summed E-state index contributed by atoms with van der Waals surface area (Å²) in [6, 6.07) is 8.82. The van der Waals surface area contributed by atoms with Gasteiger partial charge in [0.2, 0.25) is 0 Å². The van der Waals surface area contributed by atoms with Crippen molar-refractivity contribution < 1.29 is 9.47 Å². The van der Waals surface area contributed by atoms with E-state index in [0.29, 0.717) is 19.1 Å². The molecule has 2 saturated heterocycles. The third-order valence-corrected chi connectivity index (χ3v) is 6.44. The largest absolute Gasteiger partial charge is 0.382 e. The number of likely N-dealkylation sites (N-methyl/N-ethyl adjacent to an activating group) is 1. The predicted octanol–water partition coefficient (Wildman–Crippen LogP) is 1.88. The Hall–Kier alpha value is -1.67. The van der Waals surface area contributed by atoms with Crippen LogP contribution in [0.4, 0.5) is 0 Å². The van der Waals surface area contributed by atoms with E-state index in [4.69, 9.17) is 9.47 Å². The van der Waals surface area contributed by atoms with Crippen LogP contribution in [0.15, 0.2) is 29.3 Å². The number of aliphatic imine (C=N–C) groups is 1. The molecule has 7 heteroatoms. The standard InChI is InChI=1S/C24H41N5O2/c1-4-27-11-13-28(14-12-27)19-23-8-6-5-7-22(23)17-26-24(25-2)29-10-9-21(18-29)20-31-16-15-30-3/h5-8,21H,4,9-20H2,1-3H3,(H,25,26). The predicted molar refractivity (Wildman–Crippen MR) is 126 cm³/mol. The number of methoxy groups -OCH3 is 1. The van der Waals surface area contributed by atoms with E-state index in [2.05, 4.69) is 56.2 Å². The Kier molecular flexibility index (Phi) is 10.1. The highest BCUT2D eigenvalue weighted by atomic mass is 16.5. The van der Waals surface area contributed by atoms with Gasteiger partial charge < -0.3 is 24.6 Å². The van der Waals surface area contributed by atoms with E-state index in [0.717, 1.165) is 64.8 Å². The van der Waals surface area contributed by atoms with Crippen molar-refractivity contribution in [2.24, 2.45) is 10.9 Å². The summed E-state index contributed by atoms with van der Waals surface area (Å²) in [5, 5.41) is 3.61. The molecule has 2 fully saturated rings. The Morgan fingerprint density at radius 1 is 1.06 bits per heavy atom. The van der Waals surface area contributed by atoms with Crippen LogP contribution in [-0.4, -0.2) is 100 Å². The van der Waals surface area contributed by atoms with Gasteiger partial charge in [-0.05, 0) is 24.1 Å². The highest BCUT2D eigenvalue weighted by molar-refractivity contribution is 5.80. The Bertz CT molecular complexity index is 676. The molecule has 0 aromatic heterocycles. The molecule has 0 aliphatic carbocycles. The first-order valence-corrected chi connectivity index (χ1v) is 11.8. The highest BCUT2D eigenvalue weighted by Gasteiger charge is 2.25. The summed E-state index contributed by atoms with van der Waals surface area (Å²) in [4.78, 5) is 12.0. The molecule has 1 unspecified atom stereocenters. The third-order valence-electron chi connectivity index (χ3n) is 6.44. The molecular formula is C24H41N5O2. The van der Waals surface area contributed by atoms with E-state index in [1.165, 1.54) is 24.2 Å². The van der Waals surface area contributed by atoms with Crippen LogP contribution in [0.3, 0.4) is 0 Å². The molecule has 2 heterocycles. The molecule has 0 amide bonds. The zero-order valence-electron chi connectivity index (χ0n) is 19.7. The zero-order valence-corrected chi connectivity index (χ0v) is 19.7. The Morgan fingerprint density at radius 3 is 2.52 bits per heavy atom. The summed E-state index contributed by atoms with van der Waals surface area (Å²) >= 11 is 0. The van der Waals surface area contributed by atoms with Gasteiger partial charge in [-0.2, -0.15) is 0 Å². The van der Waals surface area contributed by atoms with E-state index >= 15 is 0 Å². The van der Waals surface area contributed by atoms with Gasteiger partial charge in [-0.25, -0.2) is 0 Å². The molecule has 0 saturated carbocycles. The van der Waals surface area contributed by atoms with Crippen LogP contribution >= 0.6 is 0 Å². The maximum atomic E-state index is 5.73. The summed E-state index contributed by atoms with van der Waals surface area (Å²) in [7, 11) is 3.59. The van der Waals surface area contributed by atoms with Gasteiger partial charge in [0.05, 0.1) is 19.8 Å². The smallest absolute Gasteiger partial charge is 0.193 e. The van der Waals surface area contributed by atoms with Crippen molar-refractivity contribution in [1.29, 1.82) is 0 Å². The van der Waals surface area contributed by atoms with Crippen molar-refractivity contribution in [2.45, 2.75) is 26.4 Å². The van der Waals surface area contributed by atoms with Crippen molar-refractivity contribution in [2.75, 3.05) is 79.8 Å². The van der Waals surface area contributed by atoms with Crippen LogP contribution in [0.1, 0.15) is 24.5 Å². The van der Waals surface area contributed by atoms with Gasteiger partial charge in [0.25, 0.3) is 0 Å². The number of likely N-dealkylation sites (tertiary alicyclic amines) is 1. The molecule has 174 valence electrons. The fourth-order valence-corrected chi connectivity index (χ4v) is 4.45. The van der Waals surface area contributed by atoms with Gasteiger partial charge in [-0.3, -0.25) is 9.89 Å². The van der Waals surface area contributed by atoms with E-state index in [9.17, 15) is 0 Å². The van der Waals surface area contributed by atoms with E-state index in [1.807, 2.05) is 7.05 Å². The normalized spacial score (nSPS) is 21.1. The lowest BCUT2D eigenvalue weighted by molar-refractivity contribution is 0.0536. The molecular weight excluding hydrogens is 390 g/mol. The minimum Gasteiger partial charge on any atom is -0.382 e. The van der Waals surface area contributed by atoms with Gasteiger partial charge >= 0.3 is 0 Å². The third kappa shape index (κ3) is 7.45. The van der Waals surface area contributed by atoms with Crippen LogP contribution in [0, 0.1) is 5.92 Å². The molecule has 1 aromatic carbocycles. The lowest BCUT2D eigenvalue weighted by atomic mass is 10.1. The molecule has 31 heavy (non-hydrogen) atoms. The van der Waals surface area contributed by atoms with Crippen molar-refractivity contribution in [3.05, 3.63) is 35.4 Å². The lowest BCUT2D eigenvalue weighted by Crippen LogP contribution is -2.45. The molecule has 0 spiro atoms.